The van der Waals surface area contributed by atoms with Crippen molar-refractivity contribution >= 4 is 10.9 Å². The number of pyridine rings is 1. The molecule has 2 rings (SSSR count). The highest BCUT2D eigenvalue weighted by Gasteiger charge is 2.17. The Balaban J connectivity index is 2.68. The van der Waals surface area contributed by atoms with Crippen LogP contribution in [0.25, 0.3) is 10.9 Å². The number of hydrogen-bond donors (Lipinski definition) is 0. The van der Waals surface area contributed by atoms with Crippen molar-refractivity contribution in [3.8, 4) is 11.8 Å². The highest BCUT2D eigenvalue weighted by molar-refractivity contribution is 5.87. The lowest BCUT2D eigenvalue weighted by Gasteiger charge is -2.22. The highest BCUT2D eigenvalue weighted by Crippen LogP contribution is 2.30. The Bertz CT molecular complexity index is 591. The Morgan fingerprint density at radius 2 is 1.94 bits per heavy atom. The molecule has 0 spiro atoms. The largest absolute Gasteiger partial charge is 0.486 e. The standard InChI is InChI=1S/C14H14N2O/c1-14(2,3)17-13-10(8-15)9-16-12-7-5-4-6-11(12)13/h4-7,9H,1-3H3. The lowest BCUT2D eigenvalue weighted by atomic mass is 10.1. The van der Waals surface area contributed by atoms with Crippen LogP contribution in [0.3, 0.4) is 0 Å². The smallest absolute Gasteiger partial charge is 0.148 e. The van der Waals surface area contributed by atoms with E-state index in [1.54, 1.807) is 6.20 Å². The van der Waals surface area contributed by atoms with Crippen LogP contribution in [0, 0.1) is 11.3 Å². The maximum atomic E-state index is 9.10. The predicted molar refractivity (Wildman–Crippen MR) is 66.8 cm³/mol. The summed E-state index contributed by atoms with van der Waals surface area (Å²) in [6, 6.07) is 9.79. The zero-order valence-electron chi connectivity index (χ0n) is 10.2. The van der Waals surface area contributed by atoms with Crippen LogP contribution in [0.15, 0.2) is 30.5 Å². The van der Waals surface area contributed by atoms with Crippen LogP contribution < -0.4 is 4.74 Å². The molecule has 0 aliphatic rings. The molecule has 3 heteroatoms. The molecule has 17 heavy (non-hydrogen) atoms. The minimum atomic E-state index is -0.338. The topological polar surface area (TPSA) is 45.9 Å². The van der Waals surface area contributed by atoms with Gasteiger partial charge in [-0.1, -0.05) is 12.1 Å². The van der Waals surface area contributed by atoms with Crippen LogP contribution in [-0.2, 0) is 0 Å². The van der Waals surface area contributed by atoms with E-state index >= 15 is 0 Å². The molecule has 0 radical (unpaired) electrons. The van der Waals surface area contributed by atoms with Crippen molar-refractivity contribution in [1.82, 2.24) is 4.98 Å². The van der Waals surface area contributed by atoms with Crippen LogP contribution in [0.5, 0.6) is 5.75 Å². The van der Waals surface area contributed by atoms with E-state index in [1.165, 1.54) is 0 Å². The molecule has 0 unspecified atom stereocenters. The van der Waals surface area contributed by atoms with E-state index in [-0.39, 0.29) is 5.60 Å². The lowest BCUT2D eigenvalue weighted by molar-refractivity contribution is 0.132. The summed E-state index contributed by atoms with van der Waals surface area (Å²) in [5, 5.41) is 9.98. The van der Waals surface area contributed by atoms with Crippen LogP contribution in [0.2, 0.25) is 0 Å². The molecule has 86 valence electrons. The summed E-state index contributed by atoms with van der Waals surface area (Å²) in [5.74, 6) is 0.616. The van der Waals surface area contributed by atoms with Gasteiger partial charge in [-0.05, 0) is 32.9 Å². The van der Waals surface area contributed by atoms with E-state index in [0.717, 1.165) is 10.9 Å². The molecule has 0 bridgehead atoms. The number of benzene rings is 1. The molecule has 1 aromatic carbocycles. The molecule has 3 nitrogen and oxygen atoms in total. The third kappa shape index (κ3) is 2.36. The number of ether oxygens (including phenoxy) is 1. The summed E-state index contributed by atoms with van der Waals surface area (Å²) < 4.78 is 5.87. The molecule has 1 aromatic heterocycles. The van der Waals surface area contributed by atoms with Crippen LogP contribution in [0.4, 0.5) is 0 Å². The van der Waals surface area contributed by atoms with Gasteiger partial charge in [0, 0.05) is 11.6 Å². The number of fused-ring (bicyclic) bond motifs is 1. The van der Waals surface area contributed by atoms with Gasteiger partial charge < -0.3 is 4.74 Å². The van der Waals surface area contributed by atoms with Gasteiger partial charge in [0.1, 0.15) is 23.0 Å². The Hall–Kier alpha value is -2.08. The monoisotopic (exact) mass is 226 g/mol. The molecular formula is C14H14N2O. The summed E-state index contributed by atoms with van der Waals surface area (Å²) in [7, 11) is 0. The van der Waals surface area contributed by atoms with Crippen molar-refractivity contribution < 1.29 is 4.74 Å². The van der Waals surface area contributed by atoms with Gasteiger partial charge in [-0.15, -0.1) is 0 Å². The van der Waals surface area contributed by atoms with Crippen molar-refractivity contribution in [3.05, 3.63) is 36.0 Å². The second kappa shape index (κ2) is 4.06. The molecular weight excluding hydrogens is 212 g/mol. The second-order valence-corrected chi connectivity index (χ2v) is 4.84. The third-order valence-electron chi connectivity index (χ3n) is 2.25. The minimum absolute atomic E-state index is 0.338. The summed E-state index contributed by atoms with van der Waals surface area (Å²) in [5.41, 5.74) is 0.972. The van der Waals surface area contributed by atoms with E-state index in [1.807, 2.05) is 45.0 Å². The normalized spacial score (nSPS) is 11.2. The minimum Gasteiger partial charge on any atom is -0.486 e. The molecule has 0 amide bonds. The molecule has 2 aromatic rings. The van der Waals surface area contributed by atoms with Crippen molar-refractivity contribution in [3.63, 3.8) is 0 Å². The molecule has 0 N–H and O–H groups in total. The lowest BCUT2D eigenvalue weighted by Crippen LogP contribution is -2.23. The second-order valence-electron chi connectivity index (χ2n) is 4.84. The Kier molecular flexibility index (Phi) is 2.72. The molecule has 0 saturated carbocycles. The van der Waals surface area contributed by atoms with Gasteiger partial charge in [-0.3, -0.25) is 4.98 Å². The zero-order chi connectivity index (χ0) is 12.5. The van der Waals surface area contributed by atoms with E-state index in [9.17, 15) is 0 Å². The number of nitrogens with zero attached hydrogens (tertiary/aromatic N) is 2. The van der Waals surface area contributed by atoms with E-state index in [4.69, 9.17) is 10.00 Å². The van der Waals surface area contributed by atoms with Crippen molar-refractivity contribution in [2.45, 2.75) is 26.4 Å². The number of hydrogen-bond acceptors (Lipinski definition) is 3. The Labute approximate surface area is 101 Å². The molecule has 0 saturated heterocycles. The van der Waals surface area contributed by atoms with E-state index in [2.05, 4.69) is 11.1 Å². The number of aromatic nitrogens is 1. The quantitative estimate of drug-likeness (QED) is 0.749. The summed E-state index contributed by atoms with van der Waals surface area (Å²) in [6.07, 6.45) is 1.56. The van der Waals surface area contributed by atoms with Gasteiger partial charge in [0.15, 0.2) is 0 Å². The first-order chi connectivity index (χ1) is 8.01. The molecule has 0 atom stereocenters. The Morgan fingerprint density at radius 3 is 2.59 bits per heavy atom. The van der Waals surface area contributed by atoms with Crippen LogP contribution >= 0.6 is 0 Å². The Morgan fingerprint density at radius 1 is 1.24 bits per heavy atom. The number of rotatable bonds is 1. The SMILES string of the molecule is CC(C)(C)Oc1c(C#N)cnc2ccccc12. The van der Waals surface area contributed by atoms with Gasteiger partial charge in [0.25, 0.3) is 0 Å². The van der Waals surface area contributed by atoms with Crippen LogP contribution in [0.1, 0.15) is 26.3 Å². The average molecular weight is 226 g/mol. The summed E-state index contributed by atoms with van der Waals surface area (Å²) in [4.78, 5) is 4.24. The van der Waals surface area contributed by atoms with Gasteiger partial charge in [-0.25, -0.2) is 0 Å². The van der Waals surface area contributed by atoms with Crippen LogP contribution in [-0.4, -0.2) is 10.6 Å². The average Bonchev–Trinajstić information content (AvgIpc) is 2.28. The molecule has 0 fully saturated rings. The first kappa shape index (κ1) is 11.4. The van der Waals surface area contributed by atoms with Crippen molar-refractivity contribution in [2.24, 2.45) is 0 Å². The van der Waals surface area contributed by atoms with Crippen molar-refractivity contribution in [1.29, 1.82) is 5.26 Å². The first-order valence-electron chi connectivity index (χ1n) is 5.48. The van der Waals surface area contributed by atoms with Gasteiger partial charge in [-0.2, -0.15) is 5.26 Å². The first-order valence-corrected chi connectivity index (χ1v) is 5.48. The predicted octanol–water partition coefficient (Wildman–Crippen LogP) is 3.28. The van der Waals surface area contributed by atoms with E-state index < -0.39 is 0 Å². The molecule has 1 heterocycles. The van der Waals surface area contributed by atoms with Gasteiger partial charge in [0.2, 0.25) is 0 Å². The highest BCUT2D eigenvalue weighted by atomic mass is 16.5. The molecule has 0 aliphatic heterocycles. The molecule has 0 aliphatic carbocycles. The fraction of sp³-hybridized carbons (Fsp3) is 0.286. The summed E-state index contributed by atoms with van der Waals surface area (Å²) in [6.45, 7) is 5.88. The van der Waals surface area contributed by atoms with Crippen molar-refractivity contribution in [2.75, 3.05) is 0 Å². The van der Waals surface area contributed by atoms with E-state index in [0.29, 0.717) is 11.3 Å². The number of nitriles is 1. The maximum absolute atomic E-state index is 9.10. The maximum Gasteiger partial charge on any atom is 0.148 e. The van der Waals surface area contributed by atoms with Gasteiger partial charge >= 0.3 is 0 Å². The fourth-order valence-corrected chi connectivity index (χ4v) is 1.61. The fourth-order valence-electron chi connectivity index (χ4n) is 1.61. The third-order valence-corrected chi connectivity index (χ3v) is 2.25. The zero-order valence-corrected chi connectivity index (χ0v) is 10.2. The van der Waals surface area contributed by atoms with Gasteiger partial charge in [0.05, 0.1) is 5.52 Å². The summed E-state index contributed by atoms with van der Waals surface area (Å²) >= 11 is 0. The number of para-hydroxylation sites is 1.